The number of benzene rings is 1. The van der Waals surface area contributed by atoms with Crippen LogP contribution in [-0.2, 0) is 13.1 Å². The third-order valence-corrected chi connectivity index (χ3v) is 5.14. The number of hydrogen-bond acceptors (Lipinski definition) is 7. The molecule has 3 heterocycles. The van der Waals surface area contributed by atoms with Crippen molar-refractivity contribution in [1.82, 2.24) is 20.0 Å². The van der Waals surface area contributed by atoms with Gasteiger partial charge in [-0.3, -0.25) is 9.80 Å². The molecule has 1 N–H and O–H groups in total. The van der Waals surface area contributed by atoms with Gasteiger partial charge in [0.05, 0.1) is 12.6 Å². The number of aliphatic hydroxyl groups excluding tert-OH is 1. The first-order chi connectivity index (χ1) is 12.5. The van der Waals surface area contributed by atoms with Crippen LogP contribution in [0.15, 0.2) is 33.1 Å². The van der Waals surface area contributed by atoms with E-state index in [0.717, 1.165) is 29.8 Å². The molecule has 4 rings (SSSR count). The molecule has 0 radical (unpaired) electrons. The van der Waals surface area contributed by atoms with Crippen molar-refractivity contribution < 1.29 is 13.9 Å². The Hall–Kier alpha value is -2.22. The Balaban J connectivity index is 1.45. The van der Waals surface area contributed by atoms with Crippen molar-refractivity contribution in [3.05, 3.63) is 47.4 Å². The third kappa shape index (κ3) is 3.25. The van der Waals surface area contributed by atoms with E-state index in [0.29, 0.717) is 24.9 Å². The van der Waals surface area contributed by atoms with Gasteiger partial charge >= 0.3 is 0 Å². The molecular formula is C19H24N4O3. The summed E-state index contributed by atoms with van der Waals surface area (Å²) in [4.78, 5) is 4.35. The van der Waals surface area contributed by atoms with Gasteiger partial charge in [0.2, 0.25) is 11.8 Å². The Kier molecular flexibility index (Phi) is 4.52. The zero-order valence-electron chi connectivity index (χ0n) is 15.3. The molecule has 1 fully saturated rings. The van der Waals surface area contributed by atoms with Crippen LogP contribution in [0.1, 0.15) is 23.1 Å². The number of nitrogens with zero attached hydrogens (tertiary/aromatic N) is 4. The van der Waals surface area contributed by atoms with E-state index >= 15 is 0 Å². The highest BCUT2D eigenvalue weighted by atomic mass is 16.4. The number of rotatable bonds is 5. The van der Waals surface area contributed by atoms with Crippen molar-refractivity contribution in [3.8, 4) is 0 Å². The molecule has 7 nitrogen and oxygen atoms in total. The number of aryl methyl sites for hydroxylation is 2. The predicted octanol–water partition coefficient (Wildman–Crippen LogP) is 2.11. The minimum absolute atomic E-state index is 0.0284. The smallest absolute Gasteiger partial charge is 0.230 e. The van der Waals surface area contributed by atoms with Crippen LogP contribution in [0, 0.1) is 13.8 Å². The average Bonchev–Trinajstić information content (AvgIpc) is 3.26. The number of hydrogen-bond donors (Lipinski definition) is 1. The lowest BCUT2D eigenvalue weighted by molar-refractivity contribution is 0.0899. The predicted molar refractivity (Wildman–Crippen MR) is 96.5 cm³/mol. The number of likely N-dealkylation sites (tertiary alicyclic amines) is 1. The molecule has 26 heavy (non-hydrogen) atoms. The summed E-state index contributed by atoms with van der Waals surface area (Å²) in [5, 5.41) is 19.6. The van der Waals surface area contributed by atoms with Gasteiger partial charge in [-0.05, 0) is 20.0 Å². The number of fused-ring (bicyclic) bond motifs is 1. The molecule has 1 aromatic carbocycles. The van der Waals surface area contributed by atoms with Crippen molar-refractivity contribution >= 4 is 11.0 Å². The summed E-state index contributed by atoms with van der Waals surface area (Å²) in [7, 11) is 1.98. The first kappa shape index (κ1) is 17.2. The summed E-state index contributed by atoms with van der Waals surface area (Å²) in [5.74, 6) is 2.08. The van der Waals surface area contributed by atoms with Gasteiger partial charge in [-0.1, -0.05) is 18.2 Å². The topological polar surface area (TPSA) is 78.8 Å². The second-order valence-corrected chi connectivity index (χ2v) is 7.09. The molecule has 0 amide bonds. The van der Waals surface area contributed by atoms with Crippen LogP contribution >= 0.6 is 0 Å². The SMILES string of the molecule is Cc1nnc(CN(C)[C@@H]2CN(Cc3c(C)oc4ccccc34)C[C@H]2O)o1. The highest BCUT2D eigenvalue weighted by molar-refractivity contribution is 5.82. The molecule has 2 aromatic heterocycles. The van der Waals surface area contributed by atoms with Crippen LogP contribution in [0.2, 0.25) is 0 Å². The van der Waals surface area contributed by atoms with Crippen LogP contribution in [-0.4, -0.2) is 57.4 Å². The van der Waals surface area contributed by atoms with Crippen molar-refractivity contribution in [1.29, 1.82) is 0 Å². The van der Waals surface area contributed by atoms with Crippen LogP contribution < -0.4 is 0 Å². The number of likely N-dealkylation sites (N-methyl/N-ethyl adjacent to an activating group) is 1. The zero-order chi connectivity index (χ0) is 18.3. The fourth-order valence-corrected chi connectivity index (χ4v) is 3.78. The quantitative estimate of drug-likeness (QED) is 0.750. The fraction of sp³-hybridized carbons (Fsp3) is 0.474. The van der Waals surface area contributed by atoms with Crippen molar-refractivity contribution in [3.63, 3.8) is 0 Å². The molecule has 0 saturated carbocycles. The van der Waals surface area contributed by atoms with E-state index in [4.69, 9.17) is 8.83 Å². The van der Waals surface area contributed by atoms with Crippen molar-refractivity contribution in [2.24, 2.45) is 0 Å². The highest BCUT2D eigenvalue weighted by Crippen LogP contribution is 2.28. The molecule has 0 aliphatic carbocycles. The molecule has 3 aromatic rings. The van der Waals surface area contributed by atoms with Crippen molar-refractivity contribution in [2.45, 2.75) is 39.1 Å². The summed E-state index contributed by atoms with van der Waals surface area (Å²) in [6, 6.07) is 8.13. The van der Waals surface area contributed by atoms with E-state index in [2.05, 4.69) is 26.1 Å². The summed E-state index contributed by atoms with van der Waals surface area (Å²) in [6.07, 6.45) is -0.414. The summed E-state index contributed by atoms with van der Waals surface area (Å²) >= 11 is 0. The first-order valence-electron chi connectivity index (χ1n) is 8.88. The number of aliphatic hydroxyl groups is 1. The molecule has 1 saturated heterocycles. The molecule has 0 spiro atoms. The van der Waals surface area contributed by atoms with Gasteiger partial charge in [0.1, 0.15) is 11.3 Å². The Morgan fingerprint density at radius 2 is 2.00 bits per heavy atom. The minimum Gasteiger partial charge on any atom is -0.461 e. The van der Waals surface area contributed by atoms with E-state index < -0.39 is 6.10 Å². The molecule has 1 aliphatic rings. The maximum absolute atomic E-state index is 10.6. The van der Waals surface area contributed by atoms with E-state index in [1.54, 1.807) is 6.92 Å². The summed E-state index contributed by atoms with van der Waals surface area (Å²) in [5.41, 5.74) is 2.11. The van der Waals surface area contributed by atoms with Gasteiger partial charge in [0.15, 0.2) is 0 Å². The third-order valence-electron chi connectivity index (χ3n) is 5.14. The Morgan fingerprint density at radius 1 is 1.19 bits per heavy atom. The monoisotopic (exact) mass is 356 g/mol. The second kappa shape index (κ2) is 6.83. The van der Waals surface area contributed by atoms with Crippen LogP contribution in [0.3, 0.4) is 0 Å². The number of β-amino-alcohol motifs (C(OH)–C–C–N with tert-alkyl or cyclic N) is 1. The highest BCUT2D eigenvalue weighted by Gasteiger charge is 2.35. The van der Waals surface area contributed by atoms with E-state index in [1.807, 2.05) is 32.2 Å². The Labute approximate surface area is 152 Å². The summed E-state index contributed by atoms with van der Waals surface area (Å²) < 4.78 is 11.3. The Bertz CT molecular complexity index is 903. The van der Waals surface area contributed by atoms with Gasteiger partial charge in [-0.25, -0.2) is 0 Å². The molecule has 7 heteroatoms. The average molecular weight is 356 g/mol. The lowest BCUT2D eigenvalue weighted by Gasteiger charge is -2.25. The molecule has 138 valence electrons. The van der Waals surface area contributed by atoms with Crippen molar-refractivity contribution in [2.75, 3.05) is 20.1 Å². The lowest BCUT2D eigenvalue weighted by Crippen LogP contribution is -2.40. The number of furan rings is 1. The molecule has 2 atom stereocenters. The van der Waals surface area contributed by atoms with Gasteiger partial charge < -0.3 is 13.9 Å². The lowest BCUT2D eigenvalue weighted by atomic mass is 10.1. The van der Waals surface area contributed by atoms with Crippen LogP contribution in [0.25, 0.3) is 11.0 Å². The standard InChI is InChI=1S/C19H24N4O3/c1-12-15(14-6-4-5-7-18(14)25-12)8-23-9-16(17(24)10-23)22(3)11-19-21-20-13(2)26-19/h4-7,16-17,24H,8-11H2,1-3H3/t16-,17-/m1/s1. The first-order valence-corrected chi connectivity index (χ1v) is 8.88. The maximum Gasteiger partial charge on any atom is 0.230 e. The maximum atomic E-state index is 10.6. The van der Waals surface area contributed by atoms with E-state index in [9.17, 15) is 5.11 Å². The largest absolute Gasteiger partial charge is 0.461 e. The molecule has 1 aliphatic heterocycles. The van der Waals surface area contributed by atoms with E-state index in [-0.39, 0.29) is 6.04 Å². The zero-order valence-corrected chi connectivity index (χ0v) is 15.3. The number of para-hydroxylation sites is 1. The molecular weight excluding hydrogens is 332 g/mol. The van der Waals surface area contributed by atoms with Gasteiger partial charge in [-0.2, -0.15) is 0 Å². The van der Waals surface area contributed by atoms with Crippen LogP contribution in [0.5, 0.6) is 0 Å². The minimum atomic E-state index is -0.414. The van der Waals surface area contributed by atoms with Gasteiger partial charge in [0, 0.05) is 43.5 Å². The molecule has 0 unspecified atom stereocenters. The summed E-state index contributed by atoms with van der Waals surface area (Å²) in [6.45, 7) is 6.50. The number of aromatic nitrogens is 2. The van der Waals surface area contributed by atoms with Crippen LogP contribution in [0.4, 0.5) is 0 Å². The normalized spacial score (nSPS) is 21.3. The molecule has 0 bridgehead atoms. The van der Waals surface area contributed by atoms with Gasteiger partial charge in [-0.15, -0.1) is 10.2 Å². The van der Waals surface area contributed by atoms with E-state index in [1.165, 1.54) is 5.56 Å². The van der Waals surface area contributed by atoms with Gasteiger partial charge in [0.25, 0.3) is 0 Å². The second-order valence-electron chi connectivity index (χ2n) is 7.09. The Morgan fingerprint density at radius 3 is 2.77 bits per heavy atom. The fourth-order valence-electron chi connectivity index (χ4n) is 3.78.